The van der Waals surface area contributed by atoms with Gasteiger partial charge >= 0.3 is 0 Å². The van der Waals surface area contributed by atoms with Gasteiger partial charge in [0.2, 0.25) is 0 Å². The summed E-state index contributed by atoms with van der Waals surface area (Å²) in [6.45, 7) is 7.56. The van der Waals surface area contributed by atoms with Crippen molar-refractivity contribution < 1.29 is 4.42 Å². The third kappa shape index (κ3) is 3.16. The average Bonchev–Trinajstić information content (AvgIpc) is 2.99. The molecule has 4 nitrogen and oxygen atoms in total. The van der Waals surface area contributed by atoms with E-state index in [9.17, 15) is 0 Å². The van der Waals surface area contributed by atoms with Crippen molar-refractivity contribution in [3.8, 4) is 11.6 Å². The van der Waals surface area contributed by atoms with E-state index in [2.05, 4.69) is 31.1 Å². The molecule has 1 atom stereocenters. The van der Waals surface area contributed by atoms with Crippen molar-refractivity contribution in [2.24, 2.45) is 5.92 Å². The Balaban J connectivity index is 1.80. The molecule has 0 aromatic carbocycles. The van der Waals surface area contributed by atoms with Crippen LogP contribution in [-0.2, 0) is 12.8 Å². The molecule has 1 N–H and O–H groups in total. The summed E-state index contributed by atoms with van der Waals surface area (Å²) < 4.78 is 5.42. The van der Waals surface area contributed by atoms with E-state index in [1.54, 1.807) is 6.26 Å². The number of aryl methyl sites for hydroxylation is 2. The summed E-state index contributed by atoms with van der Waals surface area (Å²) in [6, 6.07) is 4.34. The molecule has 0 fully saturated rings. The summed E-state index contributed by atoms with van der Waals surface area (Å²) in [7, 11) is 0. The summed E-state index contributed by atoms with van der Waals surface area (Å²) in [5.74, 6) is 2.16. The highest BCUT2D eigenvalue weighted by Gasteiger charge is 2.23. The largest absolute Gasteiger partial charge is 0.461 e. The van der Waals surface area contributed by atoms with Crippen molar-refractivity contribution in [2.75, 3.05) is 6.54 Å². The molecule has 0 saturated carbocycles. The molecule has 2 heterocycles. The van der Waals surface area contributed by atoms with Crippen LogP contribution >= 0.6 is 0 Å². The van der Waals surface area contributed by atoms with Gasteiger partial charge in [-0.2, -0.15) is 0 Å². The van der Waals surface area contributed by atoms with Gasteiger partial charge in [0.1, 0.15) is 0 Å². The molecular weight excluding hydrogens is 262 g/mol. The fourth-order valence-corrected chi connectivity index (χ4v) is 2.95. The lowest BCUT2D eigenvalue weighted by Gasteiger charge is -2.26. The Morgan fingerprint density at radius 3 is 2.95 bits per heavy atom. The summed E-state index contributed by atoms with van der Waals surface area (Å²) in [4.78, 5) is 9.35. The zero-order chi connectivity index (χ0) is 14.8. The minimum Gasteiger partial charge on any atom is -0.461 e. The molecule has 0 saturated heterocycles. The number of hydrogen-bond acceptors (Lipinski definition) is 4. The smallest absolute Gasteiger partial charge is 0.196 e. The zero-order valence-corrected chi connectivity index (χ0v) is 13.0. The Bertz CT molecular complexity index is 605. The van der Waals surface area contributed by atoms with Crippen molar-refractivity contribution in [1.82, 2.24) is 15.3 Å². The van der Waals surface area contributed by atoms with Crippen LogP contribution in [0.4, 0.5) is 0 Å². The topological polar surface area (TPSA) is 51.0 Å². The second kappa shape index (κ2) is 5.98. The van der Waals surface area contributed by atoms with Crippen molar-refractivity contribution in [3.63, 3.8) is 0 Å². The molecule has 1 aliphatic carbocycles. The first kappa shape index (κ1) is 14.3. The van der Waals surface area contributed by atoms with Crippen LogP contribution in [0.3, 0.4) is 0 Å². The SMILES string of the molecule is Cc1nc(-c2ccco2)nc2c1CC(CNC(C)C)CC2. The number of fused-ring (bicyclic) bond motifs is 1. The van der Waals surface area contributed by atoms with E-state index in [4.69, 9.17) is 9.40 Å². The second-order valence-electron chi connectivity index (χ2n) is 6.21. The van der Waals surface area contributed by atoms with Crippen molar-refractivity contribution in [2.45, 2.75) is 46.1 Å². The quantitative estimate of drug-likeness (QED) is 0.937. The molecule has 1 aliphatic rings. The third-order valence-electron chi connectivity index (χ3n) is 4.14. The van der Waals surface area contributed by atoms with Crippen molar-refractivity contribution in [1.29, 1.82) is 0 Å². The van der Waals surface area contributed by atoms with Crippen LogP contribution < -0.4 is 5.32 Å². The van der Waals surface area contributed by atoms with Gasteiger partial charge in [0.25, 0.3) is 0 Å². The highest BCUT2D eigenvalue weighted by atomic mass is 16.3. The van der Waals surface area contributed by atoms with E-state index >= 15 is 0 Å². The molecule has 0 spiro atoms. The van der Waals surface area contributed by atoms with Crippen LogP contribution in [0.25, 0.3) is 11.6 Å². The standard InChI is InChI=1S/C17H23N3O/c1-11(2)18-10-13-6-7-15-14(9-13)12(3)19-17(20-15)16-5-4-8-21-16/h4-5,8,11,13,18H,6-7,9-10H2,1-3H3. The third-order valence-corrected chi connectivity index (χ3v) is 4.14. The minimum atomic E-state index is 0.546. The molecule has 21 heavy (non-hydrogen) atoms. The molecule has 2 aromatic heterocycles. The van der Waals surface area contributed by atoms with Gasteiger partial charge in [-0.1, -0.05) is 13.8 Å². The summed E-state index contributed by atoms with van der Waals surface area (Å²) in [5.41, 5.74) is 3.64. The molecule has 0 amide bonds. The summed E-state index contributed by atoms with van der Waals surface area (Å²) in [6.07, 6.45) is 4.98. The van der Waals surface area contributed by atoms with E-state index in [-0.39, 0.29) is 0 Å². The molecule has 0 bridgehead atoms. The maximum absolute atomic E-state index is 5.42. The van der Waals surface area contributed by atoms with Gasteiger partial charge in [-0.25, -0.2) is 9.97 Å². The molecular formula is C17H23N3O. The van der Waals surface area contributed by atoms with Crippen LogP contribution in [0, 0.1) is 12.8 Å². The van der Waals surface area contributed by atoms with Crippen LogP contribution in [0.5, 0.6) is 0 Å². The van der Waals surface area contributed by atoms with Crippen molar-refractivity contribution >= 4 is 0 Å². The Morgan fingerprint density at radius 2 is 2.24 bits per heavy atom. The lowest BCUT2D eigenvalue weighted by Crippen LogP contribution is -2.32. The molecule has 112 valence electrons. The Kier molecular flexibility index (Phi) is 4.06. The highest BCUT2D eigenvalue weighted by molar-refractivity contribution is 5.48. The number of aromatic nitrogens is 2. The van der Waals surface area contributed by atoms with Gasteiger partial charge in [-0.3, -0.25) is 0 Å². The van der Waals surface area contributed by atoms with Crippen LogP contribution in [-0.4, -0.2) is 22.6 Å². The maximum Gasteiger partial charge on any atom is 0.196 e. The number of rotatable bonds is 4. The van der Waals surface area contributed by atoms with Crippen molar-refractivity contribution in [3.05, 3.63) is 35.3 Å². The van der Waals surface area contributed by atoms with Crippen LogP contribution in [0.2, 0.25) is 0 Å². The first-order chi connectivity index (χ1) is 10.1. The Labute approximate surface area is 126 Å². The number of nitrogens with one attached hydrogen (secondary N) is 1. The van der Waals surface area contributed by atoms with Gasteiger partial charge in [0.05, 0.1) is 6.26 Å². The van der Waals surface area contributed by atoms with E-state index in [0.717, 1.165) is 36.7 Å². The van der Waals surface area contributed by atoms with E-state index < -0.39 is 0 Å². The summed E-state index contributed by atoms with van der Waals surface area (Å²) >= 11 is 0. The highest BCUT2D eigenvalue weighted by Crippen LogP contribution is 2.28. The average molecular weight is 285 g/mol. The molecule has 3 rings (SSSR count). The number of nitrogens with zero attached hydrogens (tertiary/aromatic N) is 2. The van der Waals surface area contributed by atoms with Gasteiger partial charge < -0.3 is 9.73 Å². The van der Waals surface area contributed by atoms with E-state index in [0.29, 0.717) is 12.0 Å². The predicted molar refractivity (Wildman–Crippen MR) is 83.1 cm³/mol. The molecule has 4 heteroatoms. The second-order valence-corrected chi connectivity index (χ2v) is 6.21. The van der Waals surface area contributed by atoms with Crippen LogP contribution in [0.1, 0.15) is 37.2 Å². The molecule has 0 radical (unpaired) electrons. The van der Waals surface area contributed by atoms with Gasteiger partial charge in [0.15, 0.2) is 11.6 Å². The fourth-order valence-electron chi connectivity index (χ4n) is 2.95. The normalized spacial score (nSPS) is 18.0. The zero-order valence-electron chi connectivity index (χ0n) is 13.0. The first-order valence-electron chi connectivity index (χ1n) is 7.77. The van der Waals surface area contributed by atoms with Gasteiger partial charge in [0, 0.05) is 17.4 Å². The van der Waals surface area contributed by atoms with Gasteiger partial charge in [-0.05, 0) is 56.3 Å². The number of furan rings is 1. The monoisotopic (exact) mass is 285 g/mol. The molecule has 2 aromatic rings. The lowest BCUT2D eigenvalue weighted by atomic mass is 9.85. The van der Waals surface area contributed by atoms with E-state index in [1.807, 2.05) is 12.1 Å². The summed E-state index contributed by atoms with van der Waals surface area (Å²) in [5, 5.41) is 3.54. The predicted octanol–water partition coefficient (Wildman–Crippen LogP) is 3.15. The minimum absolute atomic E-state index is 0.546. The lowest BCUT2D eigenvalue weighted by molar-refractivity contribution is 0.401. The Hall–Kier alpha value is -1.68. The van der Waals surface area contributed by atoms with Gasteiger partial charge in [-0.15, -0.1) is 0 Å². The van der Waals surface area contributed by atoms with Crippen LogP contribution in [0.15, 0.2) is 22.8 Å². The fraction of sp³-hybridized carbons (Fsp3) is 0.529. The molecule has 1 unspecified atom stereocenters. The Morgan fingerprint density at radius 1 is 1.38 bits per heavy atom. The number of hydrogen-bond donors (Lipinski definition) is 1. The molecule has 0 aliphatic heterocycles. The first-order valence-corrected chi connectivity index (χ1v) is 7.77. The van der Waals surface area contributed by atoms with E-state index in [1.165, 1.54) is 17.7 Å². The maximum atomic E-state index is 5.42.